The molecule has 0 saturated carbocycles. The molecule has 1 heterocycles. The van der Waals surface area contributed by atoms with Crippen molar-refractivity contribution in [2.45, 2.75) is 6.43 Å². The smallest absolute Gasteiger partial charge is 0.296 e. The molecule has 1 rings (SSSR count). The second-order valence-electron chi connectivity index (χ2n) is 2.43. The van der Waals surface area contributed by atoms with E-state index in [9.17, 15) is 28.1 Å². The first kappa shape index (κ1) is 11.1. The van der Waals surface area contributed by atoms with E-state index in [2.05, 4.69) is 4.98 Å². The van der Waals surface area contributed by atoms with E-state index in [0.717, 1.165) is 0 Å². The molecule has 0 spiro atoms. The van der Waals surface area contributed by atoms with Gasteiger partial charge in [-0.1, -0.05) is 0 Å². The number of rotatable bonds is 3. The van der Waals surface area contributed by atoms with E-state index in [4.69, 9.17) is 0 Å². The van der Waals surface area contributed by atoms with E-state index in [0.29, 0.717) is 6.20 Å². The van der Waals surface area contributed by atoms with Crippen LogP contribution >= 0.6 is 0 Å². The second kappa shape index (κ2) is 4.03. The van der Waals surface area contributed by atoms with Gasteiger partial charge in [0.05, 0.1) is 11.1 Å². The van der Waals surface area contributed by atoms with Gasteiger partial charge in [-0.2, -0.15) is 4.39 Å². The molecule has 80 valence electrons. The zero-order valence-electron chi connectivity index (χ0n) is 6.99. The van der Waals surface area contributed by atoms with Crippen LogP contribution < -0.4 is 0 Å². The van der Waals surface area contributed by atoms with Gasteiger partial charge in [0.15, 0.2) is 6.29 Å². The predicted octanol–water partition coefficient (Wildman–Crippen LogP) is 1.88. The van der Waals surface area contributed by atoms with Crippen LogP contribution in [0.25, 0.3) is 0 Å². The van der Waals surface area contributed by atoms with Crippen LogP contribution in [0.1, 0.15) is 22.5 Å². The van der Waals surface area contributed by atoms with Gasteiger partial charge in [0.2, 0.25) is 5.82 Å². The molecule has 0 radical (unpaired) electrons. The number of pyridine rings is 1. The Labute approximate surface area is 80.7 Å². The van der Waals surface area contributed by atoms with Crippen LogP contribution in [0, 0.1) is 15.9 Å². The Kier molecular flexibility index (Phi) is 2.98. The minimum atomic E-state index is -3.34. The Balaban J connectivity index is 3.58. The number of halogens is 3. The number of aromatic nitrogens is 1. The maximum atomic E-state index is 12.8. The largest absolute Gasteiger partial charge is 0.317 e. The van der Waals surface area contributed by atoms with Gasteiger partial charge in [-0.15, -0.1) is 0 Å². The average Bonchev–Trinajstić information content (AvgIpc) is 2.16. The predicted molar refractivity (Wildman–Crippen MR) is 41.2 cm³/mol. The van der Waals surface area contributed by atoms with Crippen molar-refractivity contribution in [1.82, 2.24) is 4.98 Å². The van der Waals surface area contributed by atoms with E-state index in [1.165, 1.54) is 0 Å². The fourth-order valence-electron chi connectivity index (χ4n) is 1.00. The zero-order valence-corrected chi connectivity index (χ0v) is 6.99. The Hall–Kier alpha value is -1.99. The quantitative estimate of drug-likeness (QED) is 0.442. The minimum absolute atomic E-state index is 0.0894. The first-order valence-electron chi connectivity index (χ1n) is 3.55. The molecule has 1 aromatic rings. The Morgan fingerprint density at radius 1 is 1.53 bits per heavy atom. The van der Waals surface area contributed by atoms with Crippen LogP contribution in [0.5, 0.6) is 0 Å². The first-order valence-corrected chi connectivity index (χ1v) is 3.55. The van der Waals surface area contributed by atoms with Crippen LogP contribution in [0.2, 0.25) is 0 Å². The first-order chi connectivity index (χ1) is 6.99. The molecule has 0 fully saturated rings. The fraction of sp³-hybridized carbons (Fsp3) is 0.143. The van der Waals surface area contributed by atoms with Crippen molar-refractivity contribution in [3.05, 3.63) is 33.4 Å². The molecule has 5 nitrogen and oxygen atoms in total. The Morgan fingerprint density at radius 3 is 2.53 bits per heavy atom. The summed E-state index contributed by atoms with van der Waals surface area (Å²) >= 11 is 0. The minimum Gasteiger partial charge on any atom is -0.296 e. The summed E-state index contributed by atoms with van der Waals surface area (Å²) < 4.78 is 37.5. The van der Waals surface area contributed by atoms with Crippen molar-refractivity contribution < 1.29 is 22.9 Å². The molecule has 0 aliphatic carbocycles. The number of alkyl halides is 2. The third-order valence-electron chi connectivity index (χ3n) is 1.59. The SMILES string of the molecule is O=Cc1ncc(F)c([N+](=O)[O-])c1C(F)F. The third-order valence-corrected chi connectivity index (χ3v) is 1.59. The van der Waals surface area contributed by atoms with Crippen LogP contribution in [-0.4, -0.2) is 16.2 Å². The molecule has 0 amide bonds. The highest BCUT2D eigenvalue weighted by Gasteiger charge is 2.30. The van der Waals surface area contributed by atoms with Crippen molar-refractivity contribution in [3.8, 4) is 0 Å². The molecular weight excluding hydrogens is 217 g/mol. The Bertz CT molecular complexity index is 422. The highest BCUT2D eigenvalue weighted by atomic mass is 19.3. The molecule has 0 aliphatic heterocycles. The lowest BCUT2D eigenvalue weighted by Crippen LogP contribution is -2.05. The number of hydrogen-bond acceptors (Lipinski definition) is 4. The number of carbonyl (C=O) groups excluding carboxylic acids is 1. The van der Waals surface area contributed by atoms with Gasteiger partial charge in [0, 0.05) is 0 Å². The van der Waals surface area contributed by atoms with Gasteiger partial charge in [-0.25, -0.2) is 13.8 Å². The van der Waals surface area contributed by atoms with E-state index in [1.54, 1.807) is 0 Å². The number of aldehydes is 1. The lowest BCUT2D eigenvalue weighted by atomic mass is 10.1. The lowest BCUT2D eigenvalue weighted by Gasteiger charge is -2.03. The summed E-state index contributed by atoms with van der Waals surface area (Å²) in [7, 11) is 0. The van der Waals surface area contributed by atoms with E-state index in [-0.39, 0.29) is 6.29 Å². The fourth-order valence-corrected chi connectivity index (χ4v) is 1.00. The number of carbonyl (C=O) groups is 1. The normalized spacial score (nSPS) is 10.4. The van der Waals surface area contributed by atoms with Crippen molar-refractivity contribution in [2.24, 2.45) is 0 Å². The number of hydrogen-bond donors (Lipinski definition) is 0. The summed E-state index contributed by atoms with van der Waals surface area (Å²) in [6.45, 7) is 0. The van der Waals surface area contributed by atoms with Gasteiger partial charge in [0.25, 0.3) is 6.43 Å². The monoisotopic (exact) mass is 220 g/mol. The van der Waals surface area contributed by atoms with Gasteiger partial charge in [-0.05, 0) is 0 Å². The highest BCUT2D eigenvalue weighted by molar-refractivity contribution is 5.76. The molecule has 0 atom stereocenters. The number of nitro groups is 1. The van der Waals surface area contributed by atoms with Crippen molar-refractivity contribution in [3.63, 3.8) is 0 Å². The molecule has 0 aliphatic rings. The zero-order chi connectivity index (χ0) is 11.6. The standard InChI is InChI=1S/C7H3F3N2O3/c8-3-1-11-4(2-13)5(7(9)10)6(3)12(14)15/h1-2,7H. The van der Waals surface area contributed by atoms with Crippen molar-refractivity contribution in [1.29, 1.82) is 0 Å². The summed E-state index contributed by atoms with van der Waals surface area (Å²) in [5.41, 5.74) is -3.55. The summed E-state index contributed by atoms with van der Waals surface area (Å²) in [6, 6.07) is 0. The van der Waals surface area contributed by atoms with Crippen molar-refractivity contribution in [2.75, 3.05) is 0 Å². The summed E-state index contributed by atoms with van der Waals surface area (Å²) in [4.78, 5) is 22.3. The number of nitrogens with zero attached hydrogens (tertiary/aromatic N) is 2. The van der Waals surface area contributed by atoms with Crippen molar-refractivity contribution >= 4 is 12.0 Å². The van der Waals surface area contributed by atoms with Gasteiger partial charge < -0.3 is 0 Å². The van der Waals surface area contributed by atoms with E-state index < -0.39 is 34.1 Å². The van der Waals surface area contributed by atoms with E-state index >= 15 is 0 Å². The summed E-state index contributed by atoms with van der Waals surface area (Å²) in [5.74, 6) is -1.50. The summed E-state index contributed by atoms with van der Waals surface area (Å²) in [5, 5.41) is 10.3. The third kappa shape index (κ3) is 1.92. The molecule has 0 unspecified atom stereocenters. The summed E-state index contributed by atoms with van der Waals surface area (Å²) in [6.07, 6.45) is -3.07. The average molecular weight is 220 g/mol. The highest BCUT2D eigenvalue weighted by Crippen LogP contribution is 2.32. The Morgan fingerprint density at radius 2 is 2.13 bits per heavy atom. The van der Waals surface area contributed by atoms with Gasteiger partial charge in [0.1, 0.15) is 11.3 Å². The molecule has 0 aromatic carbocycles. The molecule has 0 saturated heterocycles. The maximum Gasteiger partial charge on any atom is 0.317 e. The topological polar surface area (TPSA) is 73.1 Å². The van der Waals surface area contributed by atoms with Crippen LogP contribution in [-0.2, 0) is 0 Å². The van der Waals surface area contributed by atoms with E-state index in [1.807, 2.05) is 0 Å². The molecule has 8 heteroatoms. The molecule has 0 bridgehead atoms. The molecule has 15 heavy (non-hydrogen) atoms. The van der Waals surface area contributed by atoms with Crippen LogP contribution in [0.15, 0.2) is 6.20 Å². The lowest BCUT2D eigenvalue weighted by molar-refractivity contribution is -0.389. The molecule has 0 N–H and O–H groups in total. The molecule has 1 aromatic heterocycles. The van der Waals surface area contributed by atoms with Crippen LogP contribution in [0.3, 0.4) is 0 Å². The molecular formula is C7H3F3N2O3. The second-order valence-corrected chi connectivity index (χ2v) is 2.43. The van der Waals surface area contributed by atoms with Crippen LogP contribution in [0.4, 0.5) is 18.9 Å². The van der Waals surface area contributed by atoms with Gasteiger partial charge in [-0.3, -0.25) is 14.9 Å². The maximum absolute atomic E-state index is 12.8. The van der Waals surface area contributed by atoms with Gasteiger partial charge >= 0.3 is 5.69 Å².